The molecule has 5 heteroatoms. The molecule has 70 valence electrons. The molecule has 1 aliphatic heterocycles. The molecule has 0 saturated carbocycles. The number of thioether (sulfide) groups is 1. The first-order valence-electron chi connectivity index (χ1n) is 3.73. The predicted molar refractivity (Wildman–Crippen MR) is 48.6 cm³/mol. The van der Waals surface area contributed by atoms with Crippen molar-refractivity contribution >= 4 is 28.6 Å². The van der Waals surface area contributed by atoms with Crippen molar-refractivity contribution in [3.8, 4) is 0 Å². The second kappa shape index (κ2) is 2.95. The highest BCUT2D eigenvalue weighted by Crippen LogP contribution is 2.32. The molecule has 0 aromatic heterocycles. The summed E-state index contributed by atoms with van der Waals surface area (Å²) in [5.41, 5.74) is 0.215. The van der Waals surface area contributed by atoms with Crippen LogP contribution < -0.4 is 0 Å². The zero-order valence-electron chi connectivity index (χ0n) is 6.81. The van der Waals surface area contributed by atoms with Gasteiger partial charge in [-0.1, -0.05) is 0 Å². The first-order chi connectivity index (χ1) is 6.59. The van der Waals surface area contributed by atoms with Gasteiger partial charge in [-0.3, -0.25) is 9.59 Å². The summed E-state index contributed by atoms with van der Waals surface area (Å²) in [6.07, 6.45) is 0. The number of aromatic carboxylic acids is 1. The highest BCUT2D eigenvalue weighted by Gasteiger charge is 2.29. The van der Waals surface area contributed by atoms with Gasteiger partial charge in [-0.05, 0) is 30.0 Å². The zero-order chi connectivity index (χ0) is 10.3. The Bertz CT molecular complexity index is 464. The van der Waals surface area contributed by atoms with Crippen molar-refractivity contribution in [1.29, 1.82) is 0 Å². The molecule has 0 spiro atoms. The molecule has 1 aliphatic rings. The summed E-state index contributed by atoms with van der Waals surface area (Å²) < 4.78 is 0. The van der Waals surface area contributed by atoms with Gasteiger partial charge in [0.1, 0.15) is 0 Å². The van der Waals surface area contributed by atoms with E-state index in [1.165, 1.54) is 18.2 Å². The fourth-order valence-corrected chi connectivity index (χ4v) is 1.99. The number of carboxylic acid groups (broad SMARTS) is 1. The number of carbonyl (C=O) groups is 3. The SMILES string of the molecule is O=C1Sc2ccc(C(=O)O)cc2C1=O. The van der Waals surface area contributed by atoms with Gasteiger partial charge in [-0.15, -0.1) is 0 Å². The van der Waals surface area contributed by atoms with Crippen molar-refractivity contribution in [2.75, 3.05) is 0 Å². The third kappa shape index (κ3) is 1.22. The number of benzene rings is 1. The molecule has 0 radical (unpaired) electrons. The highest BCUT2D eigenvalue weighted by atomic mass is 32.2. The van der Waals surface area contributed by atoms with Crippen LogP contribution in [0.1, 0.15) is 20.7 Å². The maximum absolute atomic E-state index is 11.2. The fraction of sp³-hybridized carbons (Fsp3) is 0. The summed E-state index contributed by atoms with van der Waals surface area (Å²) in [6, 6.07) is 4.09. The lowest BCUT2D eigenvalue weighted by Crippen LogP contribution is -2.04. The van der Waals surface area contributed by atoms with Gasteiger partial charge in [0.25, 0.3) is 5.12 Å². The number of Topliss-reactive ketones (excluding diaryl/α,β-unsaturated/α-hetero) is 1. The van der Waals surface area contributed by atoms with Gasteiger partial charge < -0.3 is 5.11 Å². The Balaban J connectivity index is 2.57. The standard InChI is InChI=1S/C9H4O4S/c10-7-5-3-4(8(11)12)1-2-6(5)14-9(7)13/h1-3H,(H,11,12). The summed E-state index contributed by atoms with van der Waals surface area (Å²) >= 11 is 0.838. The highest BCUT2D eigenvalue weighted by molar-refractivity contribution is 8.16. The van der Waals surface area contributed by atoms with Crippen molar-refractivity contribution in [3.63, 3.8) is 0 Å². The minimum atomic E-state index is -1.11. The van der Waals surface area contributed by atoms with E-state index >= 15 is 0 Å². The van der Waals surface area contributed by atoms with Gasteiger partial charge in [-0.25, -0.2) is 4.79 Å². The number of hydrogen-bond acceptors (Lipinski definition) is 4. The molecule has 0 fully saturated rings. The molecular formula is C9H4O4S. The third-order valence-corrected chi connectivity index (χ3v) is 2.81. The summed E-state index contributed by atoms with van der Waals surface area (Å²) in [5, 5.41) is 8.11. The largest absolute Gasteiger partial charge is 0.478 e. The molecule has 1 heterocycles. The van der Waals surface area contributed by atoms with Crippen molar-refractivity contribution in [2.24, 2.45) is 0 Å². The second-order valence-corrected chi connectivity index (χ2v) is 3.75. The molecule has 1 aromatic rings. The summed E-state index contributed by atoms with van der Waals surface area (Å²) in [5.74, 6) is -1.72. The Labute approximate surface area is 82.9 Å². The van der Waals surface area contributed by atoms with Crippen LogP contribution in [-0.2, 0) is 4.79 Å². The lowest BCUT2D eigenvalue weighted by molar-refractivity contribution is -0.107. The quantitative estimate of drug-likeness (QED) is 0.702. The Hall–Kier alpha value is -1.62. The summed E-state index contributed by atoms with van der Waals surface area (Å²) in [4.78, 5) is 33.3. The van der Waals surface area contributed by atoms with Gasteiger partial charge in [0, 0.05) is 10.5 Å². The Morgan fingerprint density at radius 3 is 2.64 bits per heavy atom. The van der Waals surface area contributed by atoms with Crippen LogP contribution in [0.2, 0.25) is 0 Å². The van der Waals surface area contributed by atoms with Crippen LogP contribution in [0.15, 0.2) is 23.1 Å². The number of carbonyl (C=O) groups excluding carboxylic acids is 2. The van der Waals surface area contributed by atoms with E-state index in [2.05, 4.69) is 0 Å². The molecule has 0 aliphatic carbocycles. The minimum Gasteiger partial charge on any atom is -0.478 e. The van der Waals surface area contributed by atoms with E-state index < -0.39 is 16.9 Å². The maximum atomic E-state index is 11.2. The van der Waals surface area contributed by atoms with Crippen molar-refractivity contribution in [3.05, 3.63) is 29.3 Å². The number of hydrogen-bond donors (Lipinski definition) is 1. The van der Waals surface area contributed by atoms with Gasteiger partial charge in [0.15, 0.2) is 0 Å². The van der Waals surface area contributed by atoms with Crippen LogP contribution in [0.25, 0.3) is 0 Å². The predicted octanol–water partition coefficient (Wildman–Crippen LogP) is 1.20. The molecule has 0 amide bonds. The topological polar surface area (TPSA) is 71.4 Å². The molecule has 0 atom stereocenters. The molecule has 0 unspecified atom stereocenters. The Morgan fingerprint density at radius 1 is 1.29 bits per heavy atom. The summed E-state index contributed by atoms with van der Waals surface area (Å²) in [6.45, 7) is 0. The second-order valence-electron chi connectivity index (χ2n) is 2.73. The number of rotatable bonds is 1. The van der Waals surface area contributed by atoms with E-state index in [-0.39, 0.29) is 11.1 Å². The Kier molecular flexibility index (Phi) is 1.89. The van der Waals surface area contributed by atoms with Crippen LogP contribution in [0, 0.1) is 0 Å². The molecule has 0 bridgehead atoms. The van der Waals surface area contributed by atoms with Crippen molar-refractivity contribution < 1.29 is 19.5 Å². The summed E-state index contributed by atoms with van der Waals surface area (Å²) in [7, 11) is 0. The van der Waals surface area contributed by atoms with E-state index in [0.717, 1.165) is 11.8 Å². The number of carboxylic acids is 1. The molecule has 14 heavy (non-hydrogen) atoms. The van der Waals surface area contributed by atoms with Crippen LogP contribution in [0.5, 0.6) is 0 Å². The van der Waals surface area contributed by atoms with Crippen LogP contribution >= 0.6 is 11.8 Å². The first-order valence-corrected chi connectivity index (χ1v) is 4.55. The van der Waals surface area contributed by atoms with Crippen LogP contribution in [0.3, 0.4) is 0 Å². The lowest BCUT2D eigenvalue weighted by Gasteiger charge is -1.96. The third-order valence-electron chi connectivity index (χ3n) is 1.86. The van der Waals surface area contributed by atoms with Gasteiger partial charge in [-0.2, -0.15) is 0 Å². The number of fused-ring (bicyclic) bond motifs is 1. The molecule has 2 rings (SSSR count). The minimum absolute atomic E-state index is 0.0207. The normalized spacial score (nSPS) is 14.3. The van der Waals surface area contributed by atoms with Crippen molar-refractivity contribution in [1.82, 2.24) is 0 Å². The first kappa shape index (κ1) is 8.96. The van der Waals surface area contributed by atoms with Gasteiger partial charge in [0.05, 0.1) is 5.56 Å². The van der Waals surface area contributed by atoms with Gasteiger partial charge in [0.2, 0.25) is 5.78 Å². The van der Waals surface area contributed by atoms with E-state index in [1.54, 1.807) is 0 Å². The average molecular weight is 208 g/mol. The van der Waals surface area contributed by atoms with Crippen molar-refractivity contribution in [2.45, 2.75) is 4.90 Å². The molecular weight excluding hydrogens is 204 g/mol. The molecule has 1 aromatic carbocycles. The fourth-order valence-electron chi connectivity index (χ4n) is 1.19. The van der Waals surface area contributed by atoms with E-state index in [1.807, 2.05) is 0 Å². The Morgan fingerprint density at radius 2 is 2.00 bits per heavy atom. The molecule has 0 saturated heterocycles. The average Bonchev–Trinajstić information content (AvgIpc) is 2.43. The molecule has 1 N–H and O–H groups in total. The number of ketones is 1. The van der Waals surface area contributed by atoms with E-state index in [9.17, 15) is 14.4 Å². The van der Waals surface area contributed by atoms with Crippen LogP contribution in [-0.4, -0.2) is 22.0 Å². The van der Waals surface area contributed by atoms with Crippen LogP contribution in [0.4, 0.5) is 0 Å². The molecule has 4 nitrogen and oxygen atoms in total. The van der Waals surface area contributed by atoms with E-state index in [0.29, 0.717) is 4.90 Å². The lowest BCUT2D eigenvalue weighted by atomic mass is 10.1. The van der Waals surface area contributed by atoms with Gasteiger partial charge >= 0.3 is 5.97 Å². The monoisotopic (exact) mass is 208 g/mol. The maximum Gasteiger partial charge on any atom is 0.335 e. The van der Waals surface area contributed by atoms with E-state index in [4.69, 9.17) is 5.11 Å². The smallest absolute Gasteiger partial charge is 0.335 e. The zero-order valence-corrected chi connectivity index (χ0v) is 7.63.